The molecule has 138 valence electrons. The molecular formula is C21H25NO4. The molecule has 0 aliphatic rings. The minimum atomic E-state index is -0.849. The smallest absolute Gasteiger partial charge is 0.314 e. The van der Waals surface area contributed by atoms with E-state index in [1.54, 1.807) is 14.0 Å². The van der Waals surface area contributed by atoms with Crippen LogP contribution in [0.5, 0.6) is 5.75 Å². The molecule has 2 rings (SSSR count). The fourth-order valence-corrected chi connectivity index (χ4v) is 2.61. The summed E-state index contributed by atoms with van der Waals surface area (Å²) in [4.78, 5) is 24.6. The zero-order valence-electron chi connectivity index (χ0n) is 15.4. The Morgan fingerprint density at radius 1 is 1.04 bits per heavy atom. The predicted octanol–water partition coefficient (Wildman–Crippen LogP) is 3.44. The third-order valence-corrected chi connectivity index (χ3v) is 4.18. The van der Waals surface area contributed by atoms with Crippen molar-refractivity contribution in [1.82, 2.24) is 5.32 Å². The van der Waals surface area contributed by atoms with Crippen LogP contribution in [0.1, 0.15) is 37.3 Å². The summed E-state index contributed by atoms with van der Waals surface area (Å²) in [7, 11) is 1.60. The molecule has 0 radical (unpaired) electrons. The Hall–Kier alpha value is -2.82. The summed E-state index contributed by atoms with van der Waals surface area (Å²) in [6.45, 7) is 3.87. The maximum absolute atomic E-state index is 12.4. The Morgan fingerprint density at radius 3 is 2.27 bits per heavy atom. The van der Waals surface area contributed by atoms with Crippen molar-refractivity contribution in [3.8, 4) is 5.75 Å². The van der Waals surface area contributed by atoms with Gasteiger partial charge in [-0.2, -0.15) is 0 Å². The number of amides is 1. The van der Waals surface area contributed by atoms with Crippen molar-refractivity contribution in [1.29, 1.82) is 0 Å². The fourth-order valence-electron chi connectivity index (χ4n) is 2.61. The summed E-state index contributed by atoms with van der Waals surface area (Å²) >= 11 is 0. The summed E-state index contributed by atoms with van der Waals surface area (Å²) in [5.74, 6) is -0.315. The van der Waals surface area contributed by atoms with Gasteiger partial charge in [-0.1, -0.05) is 49.4 Å². The van der Waals surface area contributed by atoms with Gasteiger partial charge in [0.05, 0.1) is 13.0 Å². The van der Waals surface area contributed by atoms with Gasteiger partial charge in [0.2, 0.25) is 0 Å². The minimum absolute atomic E-state index is 0.322. The van der Waals surface area contributed by atoms with Crippen LogP contribution in [-0.2, 0) is 20.9 Å². The molecule has 2 aromatic rings. The highest BCUT2D eigenvalue weighted by Gasteiger charge is 2.24. The Balaban J connectivity index is 1.87. The van der Waals surface area contributed by atoms with Gasteiger partial charge in [0.25, 0.3) is 5.91 Å². The molecule has 0 spiro atoms. The number of methoxy groups -OCH3 is 1. The van der Waals surface area contributed by atoms with Crippen LogP contribution >= 0.6 is 0 Å². The average molecular weight is 355 g/mol. The molecule has 0 saturated carbocycles. The van der Waals surface area contributed by atoms with E-state index in [9.17, 15) is 9.59 Å². The number of ether oxygens (including phenoxy) is 2. The third-order valence-electron chi connectivity index (χ3n) is 4.18. The Morgan fingerprint density at radius 2 is 1.69 bits per heavy atom. The summed E-state index contributed by atoms with van der Waals surface area (Å²) in [5.41, 5.74) is 1.83. The number of hydrogen-bond donors (Lipinski definition) is 1. The molecule has 26 heavy (non-hydrogen) atoms. The van der Waals surface area contributed by atoms with Crippen LogP contribution in [0.4, 0.5) is 0 Å². The number of esters is 1. The molecule has 5 nitrogen and oxygen atoms in total. The van der Waals surface area contributed by atoms with E-state index >= 15 is 0 Å². The highest BCUT2D eigenvalue weighted by Crippen LogP contribution is 2.21. The molecule has 0 aromatic heterocycles. The van der Waals surface area contributed by atoms with Gasteiger partial charge in [-0.25, -0.2) is 0 Å². The molecule has 1 amide bonds. The van der Waals surface area contributed by atoms with Crippen LogP contribution in [-0.4, -0.2) is 25.1 Å². The number of carbonyl (C=O) groups is 2. The van der Waals surface area contributed by atoms with Crippen LogP contribution in [0.2, 0.25) is 0 Å². The summed E-state index contributed by atoms with van der Waals surface area (Å²) in [6.07, 6.45) is -0.234. The van der Waals surface area contributed by atoms with Crippen LogP contribution < -0.4 is 10.1 Å². The zero-order chi connectivity index (χ0) is 18.9. The molecular weight excluding hydrogens is 330 g/mol. The lowest BCUT2D eigenvalue weighted by atomic mass is 9.97. The molecule has 2 aromatic carbocycles. The molecule has 2 atom stereocenters. The van der Waals surface area contributed by atoms with Gasteiger partial charge < -0.3 is 14.8 Å². The second-order valence-corrected chi connectivity index (χ2v) is 6.02. The lowest BCUT2D eigenvalue weighted by Crippen LogP contribution is -2.36. The van der Waals surface area contributed by atoms with Crippen LogP contribution in [0.15, 0.2) is 54.6 Å². The SMILES string of the molecule is CC[C@@H](C(=O)O[C@@H](C)C(=O)NCc1ccc(OC)cc1)c1ccccc1. The van der Waals surface area contributed by atoms with E-state index in [-0.39, 0.29) is 17.8 Å². The van der Waals surface area contributed by atoms with E-state index < -0.39 is 6.10 Å². The van der Waals surface area contributed by atoms with Crippen molar-refractivity contribution < 1.29 is 19.1 Å². The van der Waals surface area contributed by atoms with Crippen LogP contribution in [0.3, 0.4) is 0 Å². The van der Waals surface area contributed by atoms with Gasteiger partial charge in [0.1, 0.15) is 5.75 Å². The second kappa shape index (κ2) is 9.61. The highest BCUT2D eigenvalue weighted by molar-refractivity contribution is 5.85. The average Bonchev–Trinajstić information content (AvgIpc) is 2.67. The van der Waals surface area contributed by atoms with Crippen molar-refractivity contribution in [3.05, 3.63) is 65.7 Å². The molecule has 0 bridgehead atoms. The number of rotatable bonds is 8. The van der Waals surface area contributed by atoms with E-state index in [4.69, 9.17) is 9.47 Å². The Labute approximate surface area is 154 Å². The molecule has 0 fully saturated rings. The van der Waals surface area contributed by atoms with Crippen molar-refractivity contribution in [2.24, 2.45) is 0 Å². The van der Waals surface area contributed by atoms with Gasteiger partial charge in [-0.3, -0.25) is 9.59 Å². The van der Waals surface area contributed by atoms with Crippen LogP contribution in [0.25, 0.3) is 0 Å². The van der Waals surface area contributed by atoms with Gasteiger partial charge in [0.15, 0.2) is 6.10 Å². The zero-order valence-corrected chi connectivity index (χ0v) is 15.4. The number of benzene rings is 2. The van der Waals surface area contributed by atoms with Gasteiger partial charge >= 0.3 is 5.97 Å². The van der Waals surface area contributed by atoms with Gasteiger partial charge in [-0.05, 0) is 36.6 Å². The van der Waals surface area contributed by atoms with Crippen molar-refractivity contribution in [2.45, 2.75) is 38.8 Å². The van der Waals surface area contributed by atoms with Gasteiger partial charge in [-0.15, -0.1) is 0 Å². The topological polar surface area (TPSA) is 64.6 Å². The summed E-state index contributed by atoms with van der Waals surface area (Å²) in [6, 6.07) is 16.9. The van der Waals surface area contributed by atoms with Crippen molar-refractivity contribution >= 4 is 11.9 Å². The first kappa shape index (κ1) is 19.5. The highest BCUT2D eigenvalue weighted by atomic mass is 16.5. The standard InChI is InChI=1S/C21H25NO4/c1-4-19(17-8-6-5-7-9-17)21(24)26-15(2)20(23)22-14-16-10-12-18(25-3)13-11-16/h5-13,15,19H,4,14H2,1-3H3,(H,22,23)/t15-,19+/m0/s1. The Kier molecular flexibility index (Phi) is 7.21. The lowest BCUT2D eigenvalue weighted by Gasteiger charge is -2.18. The largest absolute Gasteiger partial charge is 0.497 e. The maximum atomic E-state index is 12.4. The maximum Gasteiger partial charge on any atom is 0.314 e. The Bertz CT molecular complexity index is 713. The van der Waals surface area contributed by atoms with E-state index in [2.05, 4.69) is 5.32 Å². The summed E-state index contributed by atoms with van der Waals surface area (Å²) < 4.78 is 10.5. The van der Waals surface area contributed by atoms with E-state index in [0.29, 0.717) is 13.0 Å². The van der Waals surface area contributed by atoms with Gasteiger partial charge in [0, 0.05) is 6.54 Å². The molecule has 0 aliphatic carbocycles. The molecule has 0 unspecified atom stereocenters. The molecule has 0 aliphatic heterocycles. The number of carbonyl (C=O) groups excluding carboxylic acids is 2. The second-order valence-electron chi connectivity index (χ2n) is 6.02. The number of hydrogen-bond acceptors (Lipinski definition) is 4. The van der Waals surface area contributed by atoms with E-state index in [1.165, 1.54) is 0 Å². The van der Waals surface area contributed by atoms with E-state index in [0.717, 1.165) is 16.9 Å². The monoisotopic (exact) mass is 355 g/mol. The third kappa shape index (κ3) is 5.34. The number of nitrogens with one attached hydrogen (secondary N) is 1. The molecule has 0 heterocycles. The van der Waals surface area contributed by atoms with Crippen LogP contribution in [0, 0.1) is 0 Å². The van der Waals surface area contributed by atoms with E-state index in [1.807, 2.05) is 61.5 Å². The fraction of sp³-hybridized carbons (Fsp3) is 0.333. The minimum Gasteiger partial charge on any atom is -0.497 e. The molecule has 5 heteroatoms. The normalized spacial score (nSPS) is 12.7. The van der Waals surface area contributed by atoms with Crippen molar-refractivity contribution in [2.75, 3.05) is 7.11 Å². The first-order chi connectivity index (χ1) is 12.5. The van der Waals surface area contributed by atoms with Crippen molar-refractivity contribution in [3.63, 3.8) is 0 Å². The quantitative estimate of drug-likeness (QED) is 0.737. The molecule has 0 saturated heterocycles. The molecule has 1 N–H and O–H groups in total. The summed E-state index contributed by atoms with van der Waals surface area (Å²) in [5, 5.41) is 2.78. The predicted molar refractivity (Wildman–Crippen MR) is 99.9 cm³/mol. The first-order valence-electron chi connectivity index (χ1n) is 8.71. The first-order valence-corrected chi connectivity index (χ1v) is 8.71. The lowest BCUT2D eigenvalue weighted by molar-refractivity contribution is -0.156.